The molecular weight excluding hydrogens is 406 g/mol. The second-order valence-corrected chi connectivity index (χ2v) is 10.9. The van der Waals surface area contributed by atoms with Gasteiger partial charge in [-0.25, -0.2) is 0 Å². The number of unbranched alkanes of at least 4 members (excludes halogenated alkanes) is 1. The van der Waals surface area contributed by atoms with Crippen molar-refractivity contribution in [3.8, 4) is 0 Å². The summed E-state index contributed by atoms with van der Waals surface area (Å²) in [4.78, 5) is 24.0. The molecule has 0 unspecified atom stereocenters. The number of hydrogen-bond donors (Lipinski definition) is 2. The van der Waals surface area contributed by atoms with E-state index >= 15 is 0 Å². The molecular formula is C26H33NO3S. The average Bonchev–Trinajstić information content (AvgIpc) is 3.13. The fourth-order valence-corrected chi connectivity index (χ4v) is 6.60. The van der Waals surface area contributed by atoms with E-state index in [4.69, 9.17) is 5.11 Å². The average molecular weight is 440 g/mol. The van der Waals surface area contributed by atoms with Gasteiger partial charge in [-0.15, -0.1) is 11.3 Å². The minimum Gasteiger partial charge on any atom is -0.481 e. The van der Waals surface area contributed by atoms with Gasteiger partial charge >= 0.3 is 5.97 Å². The topological polar surface area (TPSA) is 66.4 Å². The Morgan fingerprint density at radius 2 is 2.06 bits per heavy atom. The van der Waals surface area contributed by atoms with Crippen molar-refractivity contribution in [2.24, 2.45) is 23.2 Å². The Kier molecular flexibility index (Phi) is 6.25. The molecule has 1 aromatic carbocycles. The number of carboxylic acid groups (broad SMARTS) is 1. The number of aliphatic carboxylic acids is 1. The Hall–Kier alpha value is -2.14. The molecule has 2 bridgehead atoms. The van der Waals surface area contributed by atoms with E-state index in [1.165, 1.54) is 12.0 Å². The van der Waals surface area contributed by atoms with Crippen LogP contribution in [0.25, 0.3) is 10.1 Å². The number of aryl methyl sites for hydroxylation is 1. The molecule has 1 aromatic heterocycles. The standard InChI is InChI=1S/C26H33NO3S/c1-16-10-11-22-19(12-16)20(15-31-22)25(30)27-24-17(8-6-4-5-7-9-23(28)29)13-18-14-21(24)26(18,2)3/h4,6,10-12,15,17-18,21,24H,5,7-9,13-14H2,1-3H3,(H,27,30)(H,28,29)/b6-4-/t17-,18-,21-,24-/m1/s1. The van der Waals surface area contributed by atoms with Gasteiger partial charge in [-0.05, 0) is 74.3 Å². The highest BCUT2D eigenvalue weighted by Gasteiger charge is 2.57. The minimum absolute atomic E-state index is 0.0541. The summed E-state index contributed by atoms with van der Waals surface area (Å²) in [6, 6.07) is 6.50. The van der Waals surface area contributed by atoms with Crippen LogP contribution in [0.4, 0.5) is 0 Å². The number of amides is 1. The summed E-state index contributed by atoms with van der Waals surface area (Å²) in [5.74, 6) is 1.02. The Bertz CT molecular complexity index is 1010. The van der Waals surface area contributed by atoms with E-state index in [0.717, 1.165) is 40.8 Å². The van der Waals surface area contributed by atoms with Gasteiger partial charge < -0.3 is 10.4 Å². The third-order valence-corrected chi connectivity index (χ3v) is 8.68. The van der Waals surface area contributed by atoms with Crippen molar-refractivity contribution in [1.82, 2.24) is 5.32 Å². The summed E-state index contributed by atoms with van der Waals surface area (Å²) in [6.45, 7) is 6.77. The van der Waals surface area contributed by atoms with E-state index in [2.05, 4.69) is 56.4 Å². The van der Waals surface area contributed by atoms with Gasteiger partial charge in [0.1, 0.15) is 0 Å². The molecule has 2 N–H and O–H groups in total. The molecule has 1 amide bonds. The van der Waals surface area contributed by atoms with Crippen molar-refractivity contribution in [2.45, 2.75) is 65.3 Å². The number of carbonyl (C=O) groups excluding carboxylic acids is 1. The molecule has 0 radical (unpaired) electrons. The highest BCUT2D eigenvalue weighted by Crippen LogP contribution is 2.61. The summed E-state index contributed by atoms with van der Waals surface area (Å²) in [6.07, 6.45) is 9.32. The van der Waals surface area contributed by atoms with Crippen LogP contribution in [0.2, 0.25) is 0 Å². The maximum Gasteiger partial charge on any atom is 0.303 e. The lowest BCUT2D eigenvalue weighted by Gasteiger charge is -2.62. The number of rotatable bonds is 8. The number of thiophene rings is 1. The Morgan fingerprint density at radius 3 is 2.81 bits per heavy atom. The van der Waals surface area contributed by atoms with Gasteiger partial charge in [0.15, 0.2) is 0 Å². The van der Waals surface area contributed by atoms with Crippen LogP contribution in [-0.4, -0.2) is 23.0 Å². The maximum absolute atomic E-state index is 13.3. The minimum atomic E-state index is -0.734. The molecule has 0 spiro atoms. The number of carbonyl (C=O) groups is 2. The van der Waals surface area contributed by atoms with Crippen molar-refractivity contribution in [3.63, 3.8) is 0 Å². The fraction of sp³-hybridized carbons (Fsp3) is 0.538. The Balaban J connectivity index is 1.46. The largest absolute Gasteiger partial charge is 0.481 e. The van der Waals surface area contributed by atoms with Crippen molar-refractivity contribution >= 4 is 33.3 Å². The first kappa shape index (κ1) is 22.1. The zero-order chi connectivity index (χ0) is 22.2. The monoisotopic (exact) mass is 439 g/mol. The molecule has 31 heavy (non-hydrogen) atoms. The molecule has 5 heteroatoms. The van der Waals surface area contributed by atoms with Crippen LogP contribution in [0.5, 0.6) is 0 Å². The summed E-state index contributed by atoms with van der Waals surface area (Å²) >= 11 is 1.63. The number of carboxylic acids is 1. The SMILES string of the molecule is Cc1ccc2scc(C(=O)N[C@@H]3[C@H](C/C=C\CCCC(=O)O)C[C@@H]4C[C@H]3C4(C)C)c2c1. The molecule has 3 fully saturated rings. The van der Waals surface area contributed by atoms with Crippen molar-refractivity contribution in [2.75, 3.05) is 0 Å². The number of allylic oxidation sites excluding steroid dienone is 2. The molecule has 0 aliphatic heterocycles. The van der Waals surface area contributed by atoms with Crippen molar-refractivity contribution in [3.05, 3.63) is 46.9 Å². The number of fused-ring (bicyclic) bond motifs is 3. The van der Waals surface area contributed by atoms with E-state index in [1.807, 2.05) is 5.38 Å². The third kappa shape index (κ3) is 4.43. The zero-order valence-corrected chi connectivity index (χ0v) is 19.5. The molecule has 2 aromatic rings. The van der Waals surface area contributed by atoms with Crippen LogP contribution in [0.1, 0.15) is 68.3 Å². The van der Waals surface area contributed by atoms with Crippen LogP contribution in [0, 0.1) is 30.1 Å². The van der Waals surface area contributed by atoms with E-state index in [-0.39, 0.29) is 23.8 Å². The first-order chi connectivity index (χ1) is 14.8. The lowest BCUT2D eigenvalue weighted by Crippen LogP contribution is -2.63. The van der Waals surface area contributed by atoms with Gasteiger partial charge in [0, 0.05) is 27.9 Å². The number of hydrogen-bond acceptors (Lipinski definition) is 3. The fourth-order valence-electron chi connectivity index (χ4n) is 5.68. The third-order valence-electron chi connectivity index (χ3n) is 7.71. The Morgan fingerprint density at radius 1 is 1.26 bits per heavy atom. The molecule has 5 rings (SSSR count). The van der Waals surface area contributed by atoms with Crippen LogP contribution in [0.15, 0.2) is 35.7 Å². The lowest BCUT2D eigenvalue weighted by molar-refractivity contribution is -0.137. The summed E-state index contributed by atoms with van der Waals surface area (Å²) < 4.78 is 1.16. The van der Waals surface area contributed by atoms with Crippen LogP contribution in [0.3, 0.4) is 0 Å². The Labute approximate surface area is 188 Å². The van der Waals surface area contributed by atoms with Crippen LogP contribution in [-0.2, 0) is 4.79 Å². The second kappa shape index (κ2) is 8.78. The molecule has 166 valence electrons. The van der Waals surface area contributed by atoms with Crippen molar-refractivity contribution < 1.29 is 14.7 Å². The van der Waals surface area contributed by atoms with Crippen LogP contribution < -0.4 is 5.32 Å². The van der Waals surface area contributed by atoms with Gasteiger partial charge in [0.2, 0.25) is 0 Å². The molecule has 1 heterocycles. The van der Waals surface area contributed by atoms with E-state index in [1.54, 1.807) is 11.3 Å². The highest BCUT2D eigenvalue weighted by molar-refractivity contribution is 7.17. The second-order valence-electron chi connectivity index (χ2n) is 10.00. The van der Waals surface area contributed by atoms with E-state index in [0.29, 0.717) is 18.3 Å². The highest BCUT2D eigenvalue weighted by atomic mass is 32.1. The van der Waals surface area contributed by atoms with Gasteiger partial charge in [-0.3, -0.25) is 9.59 Å². The van der Waals surface area contributed by atoms with Gasteiger partial charge in [-0.2, -0.15) is 0 Å². The van der Waals surface area contributed by atoms with Gasteiger partial charge in [0.05, 0.1) is 5.56 Å². The van der Waals surface area contributed by atoms with E-state index < -0.39 is 5.97 Å². The molecule has 3 saturated carbocycles. The first-order valence-corrected chi connectivity index (χ1v) is 12.3. The summed E-state index contributed by atoms with van der Waals surface area (Å²) in [5, 5.41) is 15.3. The van der Waals surface area contributed by atoms with Gasteiger partial charge in [0.25, 0.3) is 5.91 Å². The number of nitrogens with one attached hydrogen (secondary N) is 1. The molecule has 4 nitrogen and oxygen atoms in total. The van der Waals surface area contributed by atoms with Gasteiger partial charge in [-0.1, -0.05) is 37.6 Å². The zero-order valence-electron chi connectivity index (χ0n) is 18.7. The smallest absolute Gasteiger partial charge is 0.303 e. The maximum atomic E-state index is 13.3. The predicted octanol–water partition coefficient (Wildman–Crippen LogP) is 6.19. The quantitative estimate of drug-likeness (QED) is 0.381. The first-order valence-electron chi connectivity index (χ1n) is 11.4. The summed E-state index contributed by atoms with van der Waals surface area (Å²) in [7, 11) is 0. The predicted molar refractivity (Wildman–Crippen MR) is 127 cm³/mol. The molecule has 4 atom stereocenters. The molecule has 0 saturated heterocycles. The molecule has 3 aliphatic rings. The lowest BCUT2D eigenvalue weighted by atomic mass is 9.44. The number of benzene rings is 1. The van der Waals surface area contributed by atoms with Crippen LogP contribution >= 0.6 is 11.3 Å². The van der Waals surface area contributed by atoms with E-state index in [9.17, 15) is 9.59 Å². The summed E-state index contributed by atoms with van der Waals surface area (Å²) in [5.41, 5.74) is 2.25. The normalized spacial score (nSPS) is 26.7. The van der Waals surface area contributed by atoms with Crippen molar-refractivity contribution in [1.29, 1.82) is 0 Å². The molecule has 3 aliphatic carbocycles.